The van der Waals surface area contributed by atoms with Crippen LogP contribution in [0.2, 0.25) is 0 Å². The second-order valence-corrected chi connectivity index (χ2v) is 15.8. The number of nitrogens with two attached hydrogens (primary N) is 1. The number of nitrogen functional groups attached to an aromatic ring is 1. The third-order valence-electron chi connectivity index (χ3n) is 9.56. The molecule has 1 fully saturated rings. The maximum absolute atomic E-state index is 12.7. The maximum Gasteiger partial charge on any atom is 0.224 e. The van der Waals surface area contributed by atoms with Gasteiger partial charge in [-0.1, -0.05) is 109 Å². The Hall–Kier alpha value is -5.04. The highest BCUT2D eigenvalue weighted by Gasteiger charge is 2.32. The molecule has 0 radical (unpaired) electrons. The minimum Gasteiger partial charge on any atom is -0.397 e. The first-order chi connectivity index (χ1) is 26.9. The molecule has 2 amide bonds. The number of anilines is 2. The molecule has 1 saturated heterocycles. The quantitative estimate of drug-likeness (QED) is 0.0461. The lowest BCUT2D eigenvalue weighted by Crippen LogP contribution is -2.31. The zero-order valence-electron chi connectivity index (χ0n) is 30.4. The summed E-state index contributed by atoms with van der Waals surface area (Å²) >= 11 is 3.41. The minimum atomic E-state index is -0.566. The Labute approximate surface area is 329 Å². The fourth-order valence-electron chi connectivity index (χ4n) is 6.55. The number of hydrogen-bond acceptors (Lipinski definition) is 9. The monoisotopic (exact) mass is 772 g/mol. The third kappa shape index (κ3) is 10.2. The molecule has 0 aliphatic carbocycles. The first-order valence-corrected chi connectivity index (χ1v) is 20.3. The number of benzene rings is 5. The Morgan fingerprint density at radius 1 is 0.818 bits per heavy atom. The number of unbranched alkanes of at least 4 members (excludes halogenated alkanes) is 1. The van der Waals surface area contributed by atoms with Crippen LogP contribution in [-0.2, 0) is 32.2 Å². The van der Waals surface area contributed by atoms with Gasteiger partial charge < -0.3 is 30.9 Å². The van der Waals surface area contributed by atoms with Crippen molar-refractivity contribution in [2.24, 2.45) is 0 Å². The van der Waals surface area contributed by atoms with Crippen molar-refractivity contribution in [3.8, 4) is 11.1 Å². The highest BCUT2D eigenvalue weighted by atomic mass is 32.2. The zero-order valence-corrected chi connectivity index (χ0v) is 32.0. The number of nitrogens with zero attached hydrogens (tertiary/aromatic N) is 1. The summed E-state index contributed by atoms with van der Waals surface area (Å²) in [5, 5.41) is 15.5. The number of ether oxygens (including phenoxy) is 2. The van der Waals surface area contributed by atoms with E-state index in [9.17, 15) is 14.7 Å². The zero-order chi connectivity index (χ0) is 38.0. The molecule has 55 heavy (non-hydrogen) atoms. The number of amides is 2. The van der Waals surface area contributed by atoms with Gasteiger partial charge in [-0.3, -0.25) is 9.59 Å². The summed E-state index contributed by atoms with van der Waals surface area (Å²) in [4.78, 5) is 29.9. The topological polar surface area (TPSA) is 136 Å². The van der Waals surface area contributed by atoms with Gasteiger partial charge in [-0.15, -0.1) is 11.3 Å². The van der Waals surface area contributed by atoms with Gasteiger partial charge in [-0.2, -0.15) is 0 Å². The minimum absolute atomic E-state index is 0.00515. The second-order valence-electron chi connectivity index (χ2n) is 13.5. The molecular formula is C44H44N4O5S2. The van der Waals surface area contributed by atoms with Crippen LogP contribution in [0.5, 0.6) is 0 Å². The molecule has 11 heteroatoms. The Kier molecular flexibility index (Phi) is 12.9. The second kappa shape index (κ2) is 18.5. The number of thiazole rings is 1. The molecule has 5 N–H and O–H groups in total. The van der Waals surface area contributed by atoms with E-state index in [1.807, 2.05) is 84.9 Å². The maximum atomic E-state index is 12.7. The van der Waals surface area contributed by atoms with E-state index in [0.717, 1.165) is 49.0 Å². The molecule has 1 aliphatic heterocycles. The van der Waals surface area contributed by atoms with Gasteiger partial charge in [-0.05, 0) is 64.9 Å². The van der Waals surface area contributed by atoms with Crippen molar-refractivity contribution in [3.05, 3.63) is 144 Å². The summed E-state index contributed by atoms with van der Waals surface area (Å²) in [6, 6.07) is 39.6. The number of aliphatic hydroxyl groups is 1. The Morgan fingerprint density at radius 2 is 1.53 bits per heavy atom. The van der Waals surface area contributed by atoms with Gasteiger partial charge in [0.1, 0.15) is 0 Å². The summed E-state index contributed by atoms with van der Waals surface area (Å²) in [7, 11) is 0. The van der Waals surface area contributed by atoms with E-state index in [4.69, 9.17) is 20.2 Å². The average Bonchev–Trinajstić information content (AvgIpc) is 3.65. The van der Waals surface area contributed by atoms with E-state index in [-0.39, 0.29) is 30.6 Å². The molecule has 3 unspecified atom stereocenters. The third-order valence-corrected chi connectivity index (χ3v) is 11.9. The van der Waals surface area contributed by atoms with Gasteiger partial charge in [0, 0.05) is 37.1 Å². The first-order valence-electron chi connectivity index (χ1n) is 18.5. The van der Waals surface area contributed by atoms with Crippen LogP contribution in [0.3, 0.4) is 0 Å². The molecule has 1 aromatic heterocycles. The number of nitrogens with one attached hydrogen (secondary N) is 2. The molecular weight excluding hydrogens is 729 g/mol. The number of para-hydroxylation sites is 3. The van der Waals surface area contributed by atoms with Crippen LogP contribution < -0.4 is 16.4 Å². The molecule has 0 spiro atoms. The van der Waals surface area contributed by atoms with E-state index in [1.54, 1.807) is 35.2 Å². The van der Waals surface area contributed by atoms with Crippen molar-refractivity contribution in [2.75, 3.05) is 16.8 Å². The molecule has 0 saturated carbocycles. The van der Waals surface area contributed by atoms with Crippen molar-refractivity contribution in [2.45, 2.75) is 68.1 Å². The molecule has 3 atom stereocenters. The van der Waals surface area contributed by atoms with E-state index in [1.165, 1.54) is 4.70 Å². The largest absolute Gasteiger partial charge is 0.397 e. The van der Waals surface area contributed by atoms with Gasteiger partial charge in [0.15, 0.2) is 10.6 Å². The summed E-state index contributed by atoms with van der Waals surface area (Å²) in [5.41, 5.74) is 13.9. The van der Waals surface area contributed by atoms with Gasteiger partial charge in [0.2, 0.25) is 11.8 Å². The van der Waals surface area contributed by atoms with Gasteiger partial charge >= 0.3 is 0 Å². The van der Waals surface area contributed by atoms with Crippen LogP contribution in [0.4, 0.5) is 11.4 Å². The predicted octanol–water partition coefficient (Wildman–Crippen LogP) is 9.19. The number of rotatable bonds is 15. The lowest BCUT2D eigenvalue weighted by molar-refractivity contribution is -0.245. The van der Waals surface area contributed by atoms with Crippen molar-refractivity contribution < 1.29 is 24.2 Å². The summed E-state index contributed by atoms with van der Waals surface area (Å²) in [5.74, 6) is 0.565. The molecule has 5 aromatic carbocycles. The van der Waals surface area contributed by atoms with Crippen molar-refractivity contribution in [3.63, 3.8) is 0 Å². The summed E-state index contributed by atoms with van der Waals surface area (Å²) in [6.45, 7) is 0.388. The Bertz CT molecular complexity index is 2180. The van der Waals surface area contributed by atoms with E-state index in [2.05, 4.69) is 34.9 Å². The van der Waals surface area contributed by atoms with Crippen LogP contribution in [0.1, 0.15) is 66.8 Å². The standard InChI is InChI=1S/C44H44N4O5S2/c45-36-11-3-4-12-37(36)47-42(51)16-8-7-15-41(50)46-26-33-9-1-2-10-35(33)30-21-23-32(24-22-30)43-52-34(25-39(53-43)31-19-17-29(27-49)18-20-31)28-54-44-48-38-13-5-6-14-40(38)55-44/h1-6,9-14,17-24,34,39,43,49H,7-8,15-16,25-28,45H2,(H,46,50)(H,47,51). The van der Waals surface area contributed by atoms with Crippen LogP contribution in [0.15, 0.2) is 126 Å². The molecule has 9 nitrogen and oxygen atoms in total. The van der Waals surface area contributed by atoms with Crippen molar-refractivity contribution in [1.82, 2.24) is 10.3 Å². The fraction of sp³-hybridized carbons (Fsp3) is 0.250. The molecule has 2 heterocycles. The number of carbonyl (C=O) groups excluding carboxylic acids is 2. The van der Waals surface area contributed by atoms with Crippen LogP contribution >= 0.6 is 23.1 Å². The lowest BCUT2D eigenvalue weighted by Gasteiger charge is -2.36. The highest BCUT2D eigenvalue weighted by Crippen LogP contribution is 2.41. The Morgan fingerprint density at radius 3 is 2.31 bits per heavy atom. The Balaban J connectivity index is 0.960. The summed E-state index contributed by atoms with van der Waals surface area (Å²) < 4.78 is 15.4. The van der Waals surface area contributed by atoms with Crippen LogP contribution in [-0.4, -0.2) is 33.8 Å². The van der Waals surface area contributed by atoms with Crippen LogP contribution in [0.25, 0.3) is 21.3 Å². The number of hydrogen-bond donors (Lipinski definition) is 4. The van der Waals surface area contributed by atoms with E-state index < -0.39 is 6.29 Å². The van der Waals surface area contributed by atoms with Gasteiger partial charge in [0.25, 0.3) is 0 Å². The van der Waals surface area contributed by atoms with E-state index >= 15 is 0 Å². The summed E-state index contributed by atoms with van der Waals surface area (Å²) in [6.07, 6.45) is 1.74. The molecule has 1 aliphatic rings. The number of aromatic nitrogens is 1. The average molecular weight is 773 g/mol. The molecule has 6 aromatic rings. The van der Waals surface area contributed by atoms with E-state index in [0.29, 0.717) is 50.0 Å². The highest BCUT2D eigenvalue weighted by molar-refractivity contribution is 8.01. The van der Waals surface area contributed by atoms with Gasteiger partial charge in [0.05, 0.1) is 40.4 Å². The number of fused-ring (bicyclic) bond motifs is 1. The van der Waals surface area contributed by atoms with Crippen molar-refractivity contribution >= 4 is 56.5 Å². The van der Waals surface area contributed by atoms with Gasteiger partial charge in [-0.25, -0.2) is 4.98 Å². The lowest BCUT2D eigenvalue weighted by atomic mass is 9.97. The SMILES string of the molecule is Nc1ccccc1NC(=O)CCCCC(=O)NCc1ccccc1-c1ccc(C2OC(CSc3nc4ccccc4s3)CC(c3ccc(CO)cc3)O2)cc1. The number of aliphatic hydroxyl groups excluding tert-OH is 1. The van der Waals surface area contributed by atoms with Crippen LogP contribution in [0, 0.1) is 0 Å². The van der Waals surface area contributed by atoms with Crippen molar-refractivity contribution in [1.29, 1.82) is 0 Å². The molecule has 282 valence electrons. The fourth-order valence-corrected chi connectivity index (χ4v) is 8.66. The molecule has 7 rings (SSSR count). The number of carbonyl (C=O) groups is 2. The first kappa shape index (κ1) is 38.2. The number of thioether (sulfide) groups is 1. The molecule has 0 bridgehead atoms. The predicted molar refractivity (Wildman–Crippen MR) is 220 cm³/mol. The normalized spacial score (nSPS) is 16.9. The smallest absolute Gasteiger partial charge is 0.224 e.